The summed E-state index contributed by atoms with van der Waals surface area (Å²) in [6.45, 7) is 0.526. The standard InChI is InChI=1S/C13H10O2/c1-2-4-11-7-12(6-5-10(11)3-1)14-8-13-9-15-13/h1-7,9H,8H2. The molecule has 0 bridgehead atoms. The van der Waals surface area contributed by atoms with Crippen LogP contribution in [0.3, 0.4) is 0 Å². The van der Waals surface area contributed by atoms with Crippen molar-refractivity contribution in [3.63, 3.8) is 0 Å². The molecular weight excluding hydrogens is 188 g/mol. The predicted octanol–water partition coefficient (Wildman–Crippen LogP) is 3.09. The van der Waals surface area contributed by atoms with Gasteiger partial charge >= 0.3 is 0 Å². The quantitative estimate of drug-likeness (QED) is 0.755. The van der Waals surface area contributed by atoms with E-state index < -0.39 is 0 Å². The molecule has 1 heterocycles. The van der Waals surface area contributed by atoms with Crippen molar-refractivity contribution in [2.75, 3.05) is 6.61 Å². The maximum atomic E-state index is 5.54. The highest BCUT2D eigenvalue weighted by atomic mass is 16.6. The molecule has 0 aromatic heterocycles. The average Bonchev–Trinajstić information content (AvgIpc) is 3.10. The Morgan fingerprint density at radius 3 is 2.60 bits per heavy atom. The van der Waals surface area contributed by atoms with Crippen LogP contribution < -0.4 is 4.74 Å². The zero-order valence-electron chi connectivity index (χ0n) is 8.14. The number of rotatable bonds is 3. The van der Waals surface area contributed by atoms with Crippen molar-refractivity contribution in [2.24, 2.45) is 0 Å². The van der Waals surface area contributed by atoms with Gasteiger partial charge in [-0.15, -0.1) is 0 Å². The lowest BCUT2D eigenvalue weighted by Gasteiger charge is -2.04. The van der Waals surface area contributed by atoms with Crippen molar-refractivity contribution in [3.8, 4) is 5.75 Å². The Hall–Kier alpha value is -1.96. The third-order valence-electron chi connectivity index (χ3n) is 2.39. The molecule has 2 nitrogen and oxygen atoms in total. The molecule has 3 rings (SSSR count). The fraction of sp³-hybridized carbons (Fsp3) is 0.0769. The average molecular weight is 198 g/mol. The van der Waals surface area contributed by atoms with E-state index in [9.17, 15) is 0 Å². The Kier molecular flexibility index (Phi) is 1.85. The molecule has 1 aliphatic heterocycles. The van der Waals surface area contributed by atoms with Crippen molar-refractivity contribution in [2.45, 2.75) is 0 Å². The van der Waals surface area contributed by atoms with Crippen LogP contribution in [0.5, 0.6) is 5.75 Å². The summed E-state index contributed by atoms with van der Waals surface area (Å²) in [7, 11) is 0. The molecule has 0 unspecified atom stereocenters. The van der Waals surface area contributed by atoms with Crippen molar-refractivity contribution >= 4 is 10.8 Å². The van der Waals surface area contributed by atoms with Crippen LogP contribution in [0.25, 0.3) is 10.8 Å². The van der Waals surface area contributed by atoms with Crippen LogP contribution in [0.15, 0.2) is 54.5 Å². The molecule has 0 saturated heterocycles. The summed E-state index contributed by atoms with van der Waals surface area (Å²) in [6, 6.07) is 14.3. The Morgan fingerprint density at radius 1 is 1.00 bits per heavy atom. The lowest BCUT2D eigenvalue weighted by Crippen LogP contribution is -1.94. The van der Waals surface area contributed by atoms with Crippen LogP contribution >= 0.6 is 0 Å². The molecule has 0 atom stereocenters. The molecule has 2 aromatic rings. The van der Waals surface area contributed by atoms with E-state index in [2.05, 4.69) is 18.2 Å². The highest BCUT2D eigenvalue weighted by molar-refractivity contribution is 5.83. The summed E-state index contributed by atoms with van der Waals surface area (Å²) in [6.07, 6.45) is 1.70. The second-order valence-corrected chi connectivity index (χ2v) is 3.50. The Balaban J connectivity index is 1.88. The van der Waals surface area contributed by atoms with E-state index in [4.69, 9.17) is 9.47 Å². The molecule has 2 heteroatoms. The highest BCUT2D eigenvalue weighted by Crippen LogP contribution is 2.22. The van der Waals surface area contributed by atoms with E-state index in [1.807, 2.05) is 24.3 Å². The van der Waals surface area contributed by atoms with Gasteiger partial charge in [-0.2, -0.15) is 0 Å². The normalized spacial score (nSPS) is 13.2. The van der Waals surface area contributed by atoms with E-state index in [1.165, 1.54) is 10.8 Å². The molecule has 0 spiro atoms. The van der Waals surface area contributed by atoms with Gasteiger partial charge in [-0.3, -0.25) is 0 Å². The largest absolute Gasteiger partial charge is 0.486 e. The highest BCUT2D eigenvalue weighted by Gasteiger charge is 2.10. The van der Waals surface area contributed by atoms with Gasteiger partial charge in [0.1, 0.15) is 18.6 Å². The van der Waals surface area contributed by atoms with Gasteiger partial charge in [0.2, 0.25) is 0 Å². The number of ether oxygens (including phenoxy) is 2. The van der Waals surface area contributed by atoms with E-state index in [1.54, 1.807) is 6.26 Å². The topological polar surface area (TPSA) is 21.8 Å². The van der Waals surface area contributed by atoms with Crippen molar-refractivity contribution in [3.05, 3.63) is 54.5 Å². The second-order valence-electron chi connectivity index (χ2n) is 3.50. The monoisotopic (exact) mass is 198 g/mol. The lowest BCUT2D eigenvalue weighted by molar-refractivity contribution is 0.316. The van der Waals surface area contributed by atoms with Gasteiger partial charge in [0.15, 0.2) is 5.76 Å². The summed E-state index contributed by atoms with van der Waals surface area (Å²) in [5.74, 6) is 1.79. The first-order chi connectivity index (χ1) is 7.42. The van der Waals surface area contributed by atoms with E-state index in [0.717, 1.165) is 11.5 Å². The van der Waals surface area contributed by atoms with Gasteiger partial charge in [-0.05, 0) is 22.9 Å². The summed E-state index contributed by atoms with van der Waals surface area (Å²) in [5.41, 5.74) is 0. The second kappa shape index (κ2) is 3.31. The van der Waals surface area contributed by atoms with Gasteiger partial charge in [0.25, 0.3) is 0 Å². The Morgan fingerprint density at radius 2 is 1.80 bits per heavy atom. The van der Waals surface area contributed by atoms with Gasteiger partial charge in [0.05, 0.1) is 0 Å². The summed E-state index contributed by atoms with van der Waals surface area (Å²) < 4.78 is 10.4. The Labute approximate surface area is 87.7 Å². The fourth-order valence-electron chi connectivity index (χ4n) is 1.52. The minimum absolute atomic E-state index is 0.526. The Bertz CT molecular complexity index is 529. The van der Waals surface area contributed by atoms with Crippen LogP contribution in [0.2, 0.25) is 0 Å². The van der Waals surface area contributed by atoms with Crippen LogP contribution in [-0.4, -0.2) is 6.61 Å². The zero-order valence-corrected chi connectivity index (χ0v) is 8.14. The van der Waals surface area contributed by atoms with E-state index in [0.29, 0.717) is 6.61 Å². The maximum absolute atomic E-state index is 5.54. The van der Waals surface area contributed by atoms with Crippen LogP contribution in [0.4, 0.5) is 0 Å². The van der Waals surface area contributed by atoms with Crippen LogP contribution in [-0.2, 0) is 4.74 Å². The summed E-state index contributed by atoms with van der Waals surface area (Å²) >= 11 is 0. The van der Waals surface area contributed by atoms with Gasteiger partial charge < -0.3 is 9.47 Å². The van der Waals surface area contributed by atoms with E-state index >= 15 is 0 Å². The first-order valence-electron chi connectivity index (χ1n) is 4.89. The number of fused-ring (bicyclic) bond motifs is 1. The van der Waals surface area contributed by atoms with Crippen molar-refractivity contribution in [1.82, 2.24) is 0 Å². The summed E-state index contributed by atoms with van der Waals surface area (Å²) in [4.78, 5) is 0. The first-order valence-corrected chi connectivity index (χ1v) is 4.89. The molecule has 0 radical (unpaired) electrons. The minimum atomic E-state index is 0.526. The SMILES string of the molecule is C1=C(COc2ccc3ccccc3c2)O1. The smallest absolute Gasteiger partial charge is 0.176 e. The number of hydrogen-bond donors (Lipinski definition) is 0. The predicted molar refractivity (Wildman–Crippen MR) is 58.6 cm³/mol. The van der Waals surface area contributed by atoms with Crippen LogP contribution in [0.1, 0.15) is 0 Å². The third-order valence-corrected chi connectivity index (χ3v) is 2.39. The first kappa shape index (κ1) is 8.36. The fourth-order valence-corrected chi connectivity index (χ4v) is 1.52. The van der Waals surface area contributed by atoms with Gasteiger partial charge in [-0.1, -0.05) is 30.3 Å². The molecule has 2 aromatic carbocycles. The number of hydrogen-bond acceptors (Lipinski definition) is 2. The lowest BCUT2D eigenvalue weighted by atomic mass is 10.1. The van der Waals surface area contributed by atoms with Crippen molar-refractivity contribution < 1.29 is 9.47 Å². The molecule has 1 aliphatic rings. The molecular formula is C13H10O2. The molecule has 0 amide bonds. The molecule has 0 aliphatic carbocycles. The molecule has 0 fully saturated rings. The third kappa shape index (κ3) is 1.79. The van der Waals surface area contributed by atoms with Gasteiger partial charge in [-0.25, -0.2) is 0 Å². The van der Waals surface area contributed by atoms with E-state index in [-0.39, 0.29) is 0 Å². The molecule has 0 saturated carbocycles. The zero-order chi connectivity index (χ0) is 10.1. The molecule has 15 heavy (non-hydrogen) atoms. The maximum Gasteiger partial charge on any atom is 0.176 e. The molecule has 74 valence electrons. The minimum Gasteiger partial charge on any atom is -0.486 e. The summed E-state index contributed by atoms with van der Waals surface area (Å²) in [5, 5.41) is 2.42. The molecule has 0 N–H and O–H groups in total. The van der Waals surface area contributed by atoms with Crippen molar-refractivity contribution in [1.29, 1.82) is 0 Å². The van der Waals surface area contributed by atoms with Crippen LogP contribution in [0, 0.1) is 0 Å². The number of benzene rings is 2. The van der Waals surface area contributed by atoms with Gasteiger partial charge in [0, 0.05) is 0 Å².